The molecule has 1 saturated carbocycles. The first-order valence-corrected chi connectivity index (χ1v) is 6.20. The normalized spacial score (nSPS) is 19.5. The van der Waals surface area contributed by atoms with Crippen LogP contribution in [0, 0.1) is 0 Å². The molecule has 2 rings (SSSR count). The Hall–Kier alpha value is -1.06. The van der Waals surface area contributed by atoms with E-state index in [4.69, 9.17) is 4.74 Å². The van der Waals surface area contributed by atoms with Crippen molar-refractivity contribution in [1.82, 2.24) is 5.32 Å². The molecular weight excluding hydrogens is 214 g/mol. The van der Waals surface area contributed by atoms with Crippen molar-refractivity contribution in [1.29, 1.82) is 0 Å². The first kappa shape index (κ1) is 12.4. The fourth-order valence-corrected chi connectivity index (χ4v) is 2.17. The Labute approximate surface area is 103 Å². The number of ether oxygens (including phenoxy) is 1. The van der Waals surface area contributed by atoms with Crippen LogP contribution in [0.3, 0.4) is 0 Å². The van der Waals surface area contributed by atoms with Crippen molar-refractivity contribution in [3.63, 3.8) is 0 Å². The zero-order valence-corrected chi connectivity index (χ0v) is 10.6. The summed E-state index contributed by atoms with van der Waals surface area (Å²) >= 11 is 0. The molecule has 1 aliphatic carbocycles. The number of benzene rings is 1. The maximum absolute atomic E-state index is 10.1. The Balaban J connectivity index is 1.87. The smallest absolute Gasteiger partial charge is 0.118 e. The van der Waals surface area contributed by atoms with E-state index in [0.29, 0.717) is 6.54 Å². The molecule has 1 fully saturated rings. The largest absolute Gasteiger partial charge is 0.497 e. The Morgan fingerprint density at radius 3 is 2.47 bits per heavy atom. The lowest BCUT2D eigenvalue weighted by atomic mass is 9.78. The third kappa shape index (κ3) is 2.99. The molecule has 3 nitrogen and oxygen atoms in total. The molecule has 0 radical (unpaired) electrons. The van der Waals surface area contributed by atoms with Gasteiger partial charge in [-0.05, 0) is 43.9 Å². The Morgan fingerprint density at radius 2 is 2.00 bits per heavy atom. The Kier molecular flexibility index (Phi) is 3.69. The molecule has 1 aromatic carbocycles. The number of rotatable bonds is 5. The van der Waals surface area contributed by atoms with Gasteiger partial charge < -0.3 is 15.2 Å². The molecule has 0 heterocycles. The fraction of sp³-hybridized carbons (Fsp3) is 0.571. The second-order valence-corrected chi connectivity index (χ2v) is 5.08. The van der Waals surface area contributed by atoms with Crippen LogP contribution in [0.2, 0.25) is 0 Å². The summed E-state index contributed by atoms with van der Waals surface area (Å²) in [7, 11) is 1.64. The van der Waals surface area contributed by atoms with Crippen LogP contribution in [-0.4, -0.2) is 24.3 Å². The van der Waals surface area contributed by atoms with Gasteiger partial charge in [0.1, 0.15) is 5.75 Å². The molecule has 2 N–H and O–H groups in total. The van der Waals surface area contributed by atoms with Crippen LogP contribution in [0.1, 0.15) is 37.9 Å². The van der Waals surface area contributed by atoms with E-state index in [1.165, 1.54) is 19.3 Å². The quantitative estimate of drug-likeness (QED) is 0.822. The minimum Gasteiger partial charge on any atom is -0.497 e. The Bertz CT molecular complexity index is 357. The van der Waals surface area contributed by atoms with Gasteiger partial charge in [-0.2, -0.15) is 0 Å². The molecule has 0 spiro atoms. The van der Waals surface area contributed by atoms with E-state index in [-0.39, 0.29) is 5.54 Å². The number of methoxy groups -OCH3 is 1. The summed E-state index contributed by atoms with van der Waals surface area (Å²) in [5, 5.41) is 13.5. The molecule has 1 aromatic rings. The third-order valence-electron chi connectivity index (χ3n) is 3.68. The second kappa shape index (κ2) is 5.07. The lowest BCUT2D eigenvalue weighted by Crippen LogP contribution is -2.49. The van der Waals surface area contributed by atoms with Crippen LogP contribution in [0.4, 0.5) is 0 Å². The number of aliphatic hydroxyl groups is 1. The van der Waals surface area contributed by atoms with Gasteiger partial charge in [0.15, 0.2) is 0 Å². The predicted molar refractivity (Wildman–Crippen MR) is 68.2 cm³/mol. The van der Waals surface area contributed by atoms with Crippen LogP contribution < -0.4 is 10.1 Å². The standard InChI is InChI=1S/C14H21NO2/c1-14(8-3-9-14)15-10-13(16)11-4-6-12(17-2)7-5-11/h4-7,13,15-16H,3,8-10H2,1-2H3. The van der Waals surface area contributed by atoms with E-state index in [1.807, 2.05) is 24.3 Å². The van der Waals surface area contributed by atoms with E-state index in [2.05, 4.69) is 12.2 Å². The van der Waals surface area contributed by atoms with Gasteiger partial charge in [0.05, 0.1) is 13.2 Å². The van der Waals surface area contributed by atoms with Gasteiger partial charge in [-0.3, -0.25) is 0 Å². The summed E-state index contributed by atoms with van der Waals surface area (Å²) in [5.74, 6) is 0.819. The van der Waals surface area contributed by atoms with Gasteiger partial charge >= 0.3 is 0 Å². The molecule has 0 aromatic heterocycles. The highest BCUT2D eigenvalue weighted by Gasteiger charge is 2.31. The van der Waals surface area contributed by atoms with Gasteiger partial charge in [-0.25, -0.2) is 0 Å². The fourth-order valence-electron chi connectivity index (χ4n) is 2.17. The molecule has 1 aliphatic rings. The molecule has 0 aliphatic heterocycles. The Morgan fingerprint density at radius 1 is 1.35 bits per heavy atom. The van der Waals surface area contributed by atoms with E-state index in [0.717, 1.165) is 11.3 Å². The zero-order chi connectivity index (χ0) is 12.3. The van der Waals surface area contributed by atoms with E-state index >= 15 is 0 Å². The minimum absolute atomic E-state index is 0.244. The van der Waals surface area contributed by atoms with Gasteiger partial charge in [-0.15, -0.1) is 0 Å². The summed E-state index contributed by atoms with van der Waals surface area (Å²) in [6, 6.07) is 7.58. The van der Waals surface area contributed by atoms with E-state index in [1.54, 1.807) is 7.11 Å². The van der Waals surface area contributed by atoms with Gasteiger partial charge in [0.25, 0.3) is 0 Å². The summed E-state index contributed by atoms with van der Waals surface area (Å²) in [5.41, 5.74) is 1.18. The van der Waals surface area contributed by atoms with Crippen molar-refractivity contribution >= 4 is 0 Å². The number of hydrogen-bond donors (Lipinski definition) is 2. The van der Waals surface area contributed by atoms with Gasteiger partial charge in [0.2, 0.25) is 0 Å². The van der Waals surface area contributed by atoms with Crippen molar-refractivity contribution in [3.8, 4) is 5.75 Å². The van der Waals surface area contributed by atoms with Crippen LogP contribution in [0.5, 0.6) is 5.75 Å². The van der Waals surface area contributed by atoms with Crippen LogP contribution in [0.15, 0.2) is 24.3 Å². The summed E-state index contributed by atoms with van der Waals surface area (Å²) in [6.07, 6.45) is 3.27. The lowest BCUT2D eigenvalue weighted by Gasteiger charge is -2.40. The maximum Gasteiger partial charge on any atom is 0.118 e. The molecule has 1 atom stereocenters. The first-order chi connectivity index (χ1) is 8.13. The van der Waals surface area contributed by atoms with Crippen molar-refractivity contribution in [3.05, 3.63) is 29.8 Å². The third-order valence-corrected chi connectivity index (χ3v) is 3.68. The number of aliphatic hydroxyl groups excluding tert-OH is 1. The zero-order valence-electron chi connectivity index (χ0n) is 10.6. The average Bonchev–Trinajstić information content (AvgIpc) is 2.33. The molecule has 94 valence electrons. The van der Waals surface area contributed by atoms with Crippen molar-refractivity contribution in [2.24, 2.45) is 0 Å². The minimum atomic E-state index is -0.446. The molecule has 0 bridgehead atoms. The highest BCUT2D eigenvalue weighted by molar-refractivity contribution is 5.28. The average molecular weight is 235 g/mol. The molecule has 3 heteroatoms. The second-order valence-electron chi connectivity index (χ2n) is 5.08. The van der Waals surface area contributed by atoms with Crippen LogP contribution >= 0.6 is 0 Å². The topological polar surface area (TPSA) is 41.5 Å². The number of β-amino-alcohol motifs (C(OH)–C–C–N with tert-alkyl or cyclic N) is 1. The molecular formula is C14H21NO2. The van der Waals surface area contributed by atoms with Crippen molar-refractivity contribution in [2.75, 3.05) is 13.7 Å². The van der Waals surface area contributed by atoms with E-state index < -0.39 is 6.10 Å². The highest BCUT2D eigenvalue weighted by Crippen LogP contribution is 2.31. The van der Waals surface area contributed by atoms with E-state index in [9.17, 15) is 5.11 Å². The summed E-state index contributed by atoms with van der Waals surface area (Å²) in [4.78, 5) is 0. The highest BCUT2D eigenvalue weighted by atomic mass is 16.5. The van der Waals surface area contributed by atoms with Gasteiger partial charge in [0, 0.05) is 12.1 Å². The van der Waals surface area contributed by atoms with Crippen molar-refractivity contribution < 1.29 is 9.84 Å². The first-order valence-electron chi connectivity index (χ1n) is 6.20. The van der Waals surface area contributed by atoms with Crippen LogP contribution in [0.25, 0.3) is 0 Å². The molecule has 0 saturated heterocycles. The maximum atomic E-state index is 10.1. The van der Waals surface area contributed by atoms with Gasteiger partial charge in [-0.1, -0.05) is 12.1 Å². The molecule has 17 heavy (non-hydrogen) atoms. The molecule has 1 unspecified atom stereocenters. The predicted octanol–water partition coefficient (Wildman–Crippen LogP) is 2.26. The van der Waals surface area contributed by atoms with Crippen molar-refractivity contribution in [2.45, 2.75) is 37.8 Å². The lowest BCUT2D eigenvalue weighted by molar-refractivity contribution is 0.132. The van der Waals surface area contributed by atoms with Crippen LogP contribution in [-0.2, 0) is 0 Å². The SMILES string of the molecule is COc1ccc(C(O)CNC2(C)CCC2)cc1. The number of hydrogen-bond acceptors (Lipinski definition) is 3. The molecule has 0 amide bonds. The summed E-state index contributed by atoms with van der Waals surface area (Å²) < 4.78 is 5.09. The summed E-state index contributed by atoms with van der Waals surface area (Å²) in [6.45, 7) is 2.83. The monoisotopic (exact) mass is 235 g/mol. The number of nitrogens with one attached hydrogen (secondary N) is 1.